The number of anilines is 1. The van der Waals surface area contributed by atoms with Gasteiger partial charge in [-0.15, -0.1) is 0 Å². The first kappa shape index (κ1) is 23.0. The number of nitrogens with zero attached hydrogens (tertiary/aromatic N) is 2. The van der Waals surface area contributed by atoms with Gasteiger partial charge in [0.1, 0.15) is 11.6 Å². The van der Waals surface area contributed by atoms with Crippen molar-refractivity contribution in [1.29, 1.82) is 0 Å². The maximum atomic E-state index is 12.6. The smallest absolute Gasteiger partial charge is 0.339 e. The van der Waals surface area contributed by atoms with E-state index in [-0.39, 0.29) is 11.3 Å². The summed E-state index contributed by atoms with van der Waals surface area (Å²) in [5.41, 5.74) is 1.67. The third kappa shape index (κ3) is 6.33. The summed E-state index contributed by atoms with van der Waals surface area (Å²) in [6.07, 6.45) is 2.66. The fraction of sp³-hybridized carbons (Fsp3) is 0.417. The summed E-state index contributed by atoms with van der Waals surface area (Å²) in [6, 6.07) is 11.3. The number of hydrogen-bond donors (Lipinski definition) is 0. The van der Waals surface area contributed by atoms with Crippen molar-refractivity contribution >= 4 is 23.4 Å². The number of ether oxygens (including phenoxy) is 1. The lowest BCUT2D eigenvalue weighted by molar-refractivity contribution is -0.130. The van der Waals surface area contributed by atoms with E-state index in [0.29, 0.717) is 22.9 Å². The van der Waals surface area contributed by atoms with Crippen molar-refractivity contribution in [3.63, 3.8) is 0 Å². The van der Waals surface area contributed by atoms with Crippen molar-refractivity contribution in [2.45, 2.75) is 46.5 Å². The Morgan fingerprint density at radius 1 is 1.24 bits per heavy atom. The van der Waals surface area contributed by atoms with Crippen LogP contribution < -0.4 is 9.64 Å². The van der Waals surface area contributed by atoms with Crippen molar-refractivity contribution in [2.75, 3.05) is 18.0 Å². The third-order valence-corrected chi connectivity index (χ3v) is 5.11. The van der Waals surface area contributed by atoms with E-state index >= 15 is 0 Å². The molecule has 1 atom stereocenters. The highest BCUT2D eigenvalue weighted by atomic mass is 35.5. The lowest BCUT2D eigenvalue weighted by Gasteiger charge is -2.27. The largest absolute Gasteiger partial charge is 0.423 e. The van der Waals surface area contributed by atoms with E-state index in [1.807, 2.05) is 37.3 Å². The van der Waals surface area contributed by atoms with E-state index in [4.69, 9.17) is 16.3 Å². The highest BCUT2D eigenvalue weighted by molar-refractivity contribution is 6.32. The molecule has 0 fully saturated rings. The Balaban J connectivity index is 2.04. The molecule has 0 unspecified atom stereocenters. The van der Waals surface area contributed by atoms with Crippen LogP contribution in [0.3, 0.4) is 0 Å². The first-order chi connectivity index (χ1) is 13.6. The maximum absolute atomic E-state index is 12.6. The van der Waals surface area contributed by atoms with Crippen molar-refractivity contribution in [3.8, 4) is 5.75 Å². The zero-order chi connectivity index (χ0) is 21.6. The van der Waals surface area contributed by atoms with Crippen molar-refractivity contribution in [1.82, 2.24) is 4.98 Å². The molecular weight excluding hydrogens is 384 g/mol. The molecule has 0 saturated carbocycles. The molecule has 0 bridgehead atoms. The van der Waals surface area contributed by atoms with E-state index < -0.39 is 5.97 Å². The number of carbonyl (C=O) groups excluding carboxylic acids is 1. The third-order valence-electron chi connectivity index (χ3n) is 4.81. The van der Waals surface area contributed by atoms with Crippen LogP contribution in [0, 0.1) is 5.92 Å². The van der Waals surface area contributed by atoms with Crippen LogP contribution in [0.5, 0.6) is 5.75 Å². The van der Waals surface area contributed by atoms with Gasteiger partial charge in [0.05, 0.1) is 5.02 Å². The molecule has 0 aliphatic rings. The van der Waals surface area contributed by atoms with Crippen LogP contribution >= 0.6 is 11.6 Å². The minimum atomic E-state index is -0.412. The number of hydrogen-bond acceptors (Lipinski definition) is 4. The van der Waals surface area contributed by atoms with Gasteiger partial charge in [-0.1, -0.05) is 64.9 Å². The van der Waals surface area contributed by atoms with Crippen LogP contribution in [-0.4, -0.2) is 24.0 Å². The molecule has 4 nitrogen and oxygen atoms in total. The second-order valence-electron chi connectivity index (χ2n) is 8.35. The van der Waals surface area contributed by atoms with Gasteiger partial charge < -0.3 is 9.64 Å². The molecule has 0 N–H and O–H groups in total. The van der Waals surface area contributed by atoms with E-state index in [1.54, 1.807) is 12.3 Å². The van der Waals surface area contributed by atoms with Crippen LogP contribution in [0.25, 0.3) is 0 Å². The Hall–Kier alpha value is -2.33. The fourth-order valence-corrected chi connectivity index (χ4v) is 3.24. The Morgan fingerprint density at radius 2 is 1.90 bits per heavy atom. The van der Waals surface area contributed by atoms with Crippen molar-refractivity contribution in [3.05, 3.63) is 65.3 Å². The van der Waals surface area contributed by atoms with Gasteiger partial charge in [-0.25, -0.2) is 9.78 Å². The molecule has 0 radical (unpaired) electrons. The molecule has 1 aromatic carbocycles. The predicted octanol–water partition coefficient (Wildman–Crippen LogP) is 6.05. The molecule has 2 rings (SSSR count). The summed E-state index contributed by atoms with van der Waals surface area (Å²) in [4.78, 5) is 19.1. The van der Waals surface area contributed by atoms with Gasteiger partial charge in [0.15, 0.2) is 0 Å². The van der Waals surface area contributed by atoms with Gasteiger partial charge in [-0.2, -0.15) is 0 Å². The molecule has 1 aromatic heterocycles. The van der Waals surface area contributed by atoms with Crippen LogP contribution in [-0.2, 0) is 10.2 Å². The van der Waals surface area contributed by atoms with Crippen LogP contribution in [0.4, 0.5) is 5.82 Å². The fourth-order valence-electron chi connectivity index (χ4n) is 3.00. The second-order valence-corrected chi connectivity index (χ2v) is 8.75. The zero-order valence-electron chi connectivity index (χ0n) is 18.0. The SMILES string of the molecule is C=C(C(=O)Oc1ccc(C(C)(C)C)cc1)[C@H](C)CN(CCC)c1ncccc1Cl. The molecule has 0 aliphatic heterocycles. The molecule has 2 aromatic rings. The summed E-state index contributed by atoms with van der Waals surface area (Å²) in [7, 11) is 0. The Kier molecular flexibility index (Phi) is 7.86. The average Bonchev–Trinajstić information content (AvgIpc) is 2.67. The number of esters is 1. The summed E-state index contributed by atoms with van der Waals surface area (Å²) < 4.78 is 5.54. The predicted molar refractivity (Wildman–Crippen MR) is 121 cm³/mol. The standard InChI is InChI=1S/C24H31ClN2O2/c1-7-15-27(22-21(25)9-8-14-26-22)16-17(2)18(3)23(28)29-20-12-10-19(11-13-20)24(4,5)6/h8-14,17H,3,7,15-16H2,1-2,4-6H3/t17-/m1/s1. The minimum absolute atomic E-state index is 0.0517. The molecule has 1 heterocycles. The number of pyridine rings is 1. The van der Waals surface area contributed by atoms with Gasteiger partial charge in [-0.05, 0) is 41.7 Å². The summed E-state index contributed by atoms with van der Waals surface area (Å²) in [6.45, 7) is 15.9. The molecule has 0 spiro atoms. The van der Waals surface area contributed by atoms with E-state index in [2.05, 4.69) is 44.2 Å². The lowest BCUT2D eigenvalue weighted by atomic mass is 9.87. The molecule has 5 heteroatoms. The summed E-state index contributed by atoms with van der Waals surface area (Å²) in [5.74, 6) is 0.724. The highest BCUT2D eigenvalue weighted by Crippen LogP contribution is 2.26. The van der Waals surface area contributed by atoms with Gasteiger partial charge in [0, 0.05) is 30.8 Å². The van der Waals surface area contributed by atoms with E-state index in [1.165, 1.54) is 5.56 Å². The molecule has 0 amide bonds. The van der Waals surface area contributed by atoms with Gasteiger partial charge >= 0.3 is 5.97 Å². The molecule has 156 valence electrons. The van der Waals surface area contributed by atoms with Crippen LogP contribution in [0.2, 0.25) is 5.02 Å². The lowest BCUT2D eigenvalue weighted by Crippen LogP contribution is -2.32. The first-order valence-corrected chi connectivity index (χ1v) is 10.4. The monoisotopic (exact) mass is 414 g/mol. The molecular formula is C24H31ClN2O2. The highest BCUT2D eigenvalue weighted by Gasteiger charge is 2.22. The normalized spacial score (nSPS) is 12.3. The number of halogens is 1. The number of carbonyl (C=O) groups is 1. The Morgan fingerprint density at radius 3 is 2.45 bits per heavy atom. The van der Waals surface area contributed by atoms with Crippen LogP contribution in [0.15, 0.2) is 54.7 Å². The summed E-state index contributed by atoms with van der Waals surface area (Å²) in [5, 5.41) is 0.597. The minimum Gasteiger partial charge on any atom is -0.423 e. The van der Waals surface area contributed by atoms with E-state index in [9.17, 15) is 4.79 Å². The Labute approximate surface area is 179 Å². The van der Waals surface area contributed by atoms with Gasteiger partial charge in [0.2, 0.25) is 0 Å². The van der Waals surface area contributed by atoms with Gasteiger partial charge in [-0.3, -0.25) is 0 Å². The molecule has 0 aliphatic carbocycles. The Bertz CT molecular complexity index is 841. The molecule has 0 saturated heterocycles. The van der Waals surface area contributed by atoms with Crippen molar-refractivity contribution < 1.29 is 9.53 Å². The van der Waals surface area contributed by atoms with E-state index in [0.717, 1.165) is 18.8 Å². The second kappa shape index (κ2) is 9.93. The maximum Gasteiger partial charge on any atom is 0.339 e. The zero-order valence-corrected chi connectivity index (χ0v) is 18.8. The first-order valence-electron chi connectivity index (χ1n) is 10.0. The summed E-state index contributed by atoms with van der Waals surface area (Å²) >= 11 is 6.31. The quantitative estimate of drug-likeness (QED) is 0.299. The van der Waals surface area contributed by atoms with Gasteiger partial charge in [0.25, 0.3) is 0 Å². The van der Waals surface area contributed by atoms with Crippen molar-refractivity contribution in [2.24, 2.45) is 5.92 Å². The topological polar surface area (TPSA) is 42.4 Å². The number of rotatable bonds is 8. The van der Waals surface area contributed by atoms with Crippen LogP contribution in [0.1, 0.15) is 46.6 Å². The average molecular weight is 415 g/mol. The molecule has 29 heavy (non-hydrogen) atoms. The number of benzene rings is 1. The number of aromatic nitrogens is 1.